The lowest BCUT2D eigenvalue weighted by atomic mass is 9.81. The normalized spacial score (nSPS) is 31.0. The van der Waals surface area contributed by atoms with E-state index in [1.807, 2.05) is 0 Å². The van der Waals surface area contributed by atoms with Crippen LogP contribution in [-0.2, 0) is 0 Å². The van der Waals surface area contributed by atoms with Crippen LogP contribution in [0.25, 0.3) is 0 Å². The minimum Gasteiger partial charge on any atom is -0.330 e. The first-order valence-corrected chi connectivity index (χ1v) is 3.81. The van der Waals surface area contributed by atoms with Gasteiger partial charge in [-0.15, -0.1) is 0 Å². The third-order valence-electron chi connectivity index (χ3n) is 2.05. The molecule has 0 bridgehead atoms. The molecule has 0 saturated carbocycles. The molecule has 0 spiro atoms. The van der Waals surface area contributed by atoms with Crippen LogP contribution in [0.15, 0.2) is 24.3 Å². The Hall–Kier alpha value is -0.560. The monoisotopic (exact) mass is 137 g/mol. The summed E-state index contributed by atoms with van der Waals surface area (Å²) in [6.45, 7) is 3.04. The van der Waals surface area contributed by atoms with Gasteiger partial charge in [0.2, 0.25) is 0 Å². The molecule has 0 aromatic carbocycles. The zero-order valence-electron chi connectivity index (χ0n) is 6.51. The Balaban J connectivity index is 2.52. The van der Waals surface area contributed by atoms with E-state index < -0.39 is 0 Å². The lowest BCUT2D eigenvalue weighted by Gasteiger charge is -2.25. The van der Waals surface area contributed by atoms with Crippen LogP contribution in [0.5, 0.6) is 0 Å². The van der Waals surface area contributed by atoms with Gasteiger partial charge in [0.1, 0.15) is 0 Å². The van der Waals surface area contributed by atoms with Gasteiger partial charge in [-0.25, -0.2) is 0 Å². The van der Waals surface area contributed by atoms with Crippen LogP contribution in [0, 0.1) is 5.41 Å². The highest BCUT2D eigenvalue weighted by Crippen LogP contribution is 2.29. The summed E-state index contributed by atoms with van der Waals surface area (Å²) in [4.78, 5) is 0. The summed E-state index contributed by atoms with van der Waals surface area (Å²) < 4.78 is 0. The van der Waals surface area contributed by atoms with E-state index in [0.29, 0.717) is 5.41 Å². The fourth-order valence-corrected chi connectivity index (χ4v) is 1.29. The molecule has 10 heavy (non-hydrogen) atoms. The maximum atomic E-state index is 5.49. The van der Waals surface area contributed by atoms with E-state index in [1.54, 1.807) is 0 Å². The van der Waals surface area contributed by atoms with Gasteiger partial charge in [-0.1, -0.05) is 31.2 Å². The van der Waals surface area contributed by atoms with E-state index in [2.05, 4.69) is 31.2 Å². The van der Waals surface area contributed by atoms with Gasteiger partial charge in [-0.05, 0) is 24.8 Å². The van der Waals surface area contributed by atoms with Gasteiger partial charge in [-0.2, -0.15) is 0 Å². The standard InChI is InChI=1S/C9H15N/c1-9(7-8-10)5-3-2-4-6-9/h2-5H,6-8,10H2,1H3/t9-/m0/s1. The van der Waals surface area contributed by atoms with Crippen LogP contribution in [0.4, 0.5) is 0 Å². The van der Waals surface area contributed by atoms with Crippen molar-refractivity contribution >= 4 is 0 Å². The number of hydrogen-bond acceptors (Lipinski definition) is 1. The topological polar surface area (TPSA) is 26.0 Å². The van der Waals surface area contributed by atoms with Crippen molar-refractivity contribution in [1.29, 1.82) is 0 Å². The van der Waals surface area contributed by atoms with Gasteiger partial charge >= 0.3 is 0 Å². The largest absolute Gasteiger partial charge is 0.330 e. The lowest BCUT2D eigenvalue weighted by Crippen LogP contribution is -2.18. The van der Waals surface area contributed by atoms with E-state index in [0.717, 1.165) is 19.4 Å². The molecule has 0 amide bonds. The summed E-state index contributed by atoms with van der Waals surface area (Å²) in [5.41, 5.74) is 5.82. The van der Waals surface area contributed by atoms with Crippen molar-refractivity contribution in [3.63, 3.8) is 0 Å². The van der Waals surface area contributed by atoms with Crippen molar-refractivity contribution in [2.75, 3.05) is 6.54 Å². The first-order chi connectivity index (χ1) is 4.77. The fraction of sp³-hybridized carbons (Fsp3) is 0.556. The first-order valence-electron chi connectivity index (χ1n) is 3.81. The van der Waals surface area contributed by atoms with Gasteiger partial charge in [0.15, 0.2) is 0 Å². The quantitative estimate of drug-likeness (QED) is 0.617. The third-order valence-corrected chi connectivity index (χ3v) is 2.05. The molecule has 0 saturated heterocycles. The molecule has 0 unspecified atom stereocenters. The Labute approximate surface area is 62.6 Å². The van der Waals surface area contributed by atoms with Crippen LogP contribution in [-0.4, -0.2) is 6.54 Å². The van der Waals surface area contributed by atoms with E-state index in [9.17, 15) is 0 Å². The van der Waals surface area contributed by atoms with E-state index >= 15 is 0 Å². The minimum absolute atomic E-state index is 0.337. The lowest BCUT2D eigenvalue weighted by molar-refractivity contribution is 0.400. The maximum Gasteiger partial charge on any atom is -0.00690 e. The summed E-state index contributed by atoms with van der Waals surface area (Å²) in [6.07, 6.45) is 10.9. The molecule has 0 fully saturated rings. The summed E-state index contributed by atoms with van der Waals surface area (Å²) >= 11 is 0. The van der Waals surface area contributed by atoms with Crippen molar-refractivity contribution in [2.45, 2.75) is 19.8 Å². The SMILES string of the molecule is C[C@]1(CCN)C=CC=CC1. The van der Waals surface area contributed by atoms with E-state index in [4.69, 9.17) is 5.73 Å². The minimum atomic E-state index is 0.337. The zero-order chi connectivity index (χ0) is 7.45. The summed E-state index contributed by atoms with van der Waals surface area (Å²) in [6, 6.07) is 0. The molecule has 0 aliphatic heterocycles. The second-order valence-electron chi connectivity index (χ2n) is 3.18. The van der Waals surface area contributed by atoms with Gasteiger partial charge < -0.3 is 5.73 Å². The molecule has 1 heteroatoms. The molecular weight excluding hydrogens is 122 g/mol. The molecule has 56 valence electrons. The smallest absolute Gasteiger partial charge is 0.00690 e. The van der Waals surface area contributed by atoms with Crippen LogP contribution in [0.3, 0.4) is 0 Å². The molecular formula is C9H15N. The molecule has 1 aliphatic rings. The van der Waals surface area contributed by atoms with Crippen LogP contribution >= 0.6 is 0 Å². The maximum absolute atomic E-state index is 5.49. The predicted octanol–water partition coefficient (Wildman–Crippen LogP) is 1.86. The van der Waals surface area contributed by atoms with E-state index in [1.165, 1.54) is 0 Å². The summed E-state index contributed by atoms with van der Waals surface area (Å²) in [5.74, 6) is 0. The Bertz CT molecular complexity index is 158. The second kappa shape index (κ2) is 3.02. The molecule has 2 N–H and O–H groups in total. The second-order valence-corrected chi connectivity index (χ2v) is 3.18. The van der Waals surface area contributed by atoms with Crippen LogP contribution in [0.1, 0.15) is 19.8 Å². The molecule has 0 aromatic rings. The Morgan fingerprint density at radius 2 is 2.30 bits per heavy atom. The highest BCUT2D eigenvalue weighted by molar-refractivity contribution is 5.15. The van der Waals surface area contributed by atoms with Crippen molar-refractivity contribution in [1.82, 2.24) is 0 Å². The number of allylic oxidation sites excluding steroid dienone is 4. The van der Waals surface area contributed by atoms with Gasteiger partial charge in [0.25, 0.3) is 0 Å². The number of rotatable bonds is 2. The molecule has 1 nitrogen and oxygen atoms in total. The molecule has 0 heterocycles. The summed E-state index contributed by atoms with van der Waals surface area (Å²) in [7, 11) is 0. The average molecular weight is 137 g/mol. The zero-order valence-corrected chi connectivity index (χ0v) is 6.51. The Kier molecular flexibility index (Phi) is 2.28. The van der Waals surface area contributed by atoms with E-state index in [-0.39, 0.29) is 0 Å². The van der Waals surface area contributed by atoms with Gasteiger partial charge in [-0.3, -0.25) is 0 Å². The summed E-state index contributed by atoms with van der Waals surface area (Å²) in [5, 5.41) is 0. The Morgan fingerprint density at radius 3 is 2.80 bits per heavy atom. The van der Waals surface area contributed by atoms with Crippen molar-refractivity contribution in [3.05, 3.63) is 24.3 Å². The molecule has 0 radical (unpaired) electrons. The molecule has 0 aromatic heterocycles. The van der Waals surface area contributed by atoms with Gasteiger partial charge in [0.05, 0.1) is 0 Å². The van der Waals surface area contributed by atoms with Crippen molar-refractivity contribution < 1.29 is 0 Å². The van der Waals surface area contributed by atoms with Gasteiger partial charge in [0, 0.05) is 0 Å². The first kappa shape index (κ1) is 7.55. The predicted molar refractivity (Wildman–Crippen MR) is 44.7 cm³/mol. The van der Waals surface area contributed by atoms with Crippen molar-refractivity contribution in [3.8, 4) is 0 Å². The van der Waals surface area contributed by atoms with Crippen LogP contribution < -0.4 is 5.73 Å². The average Bonchev–Trinajstić information content (AvgIpc) is 1.89. The Morgan fingerprint density at radius 1 is 1.50 bits per heavy atom. The number of nitrogens with two attached hydrogens (primary N) is 1. The highest BCUT2D eigenvalue weighted by Gasteiger charge is 2.18. The number of hydrogen-bond donors (Lipinski definition) is 1. The molecule has 1 aliphatic carbocycles. The highest BCUT2D eigenvalue weighted by atomic mass is 14.5. The van der Waals surface area contributed by atoms with Crippen molar-refractivity contribution in [2.24, 2.45) is 11.1 Å². The molecule has 1 rings (SSSR count). The fourth-order valence-electron chi connectivity index (χ4n) is 1.29. The van der Waals surface area contributed by atoms with Crippen LogP contribution in [0.2, 0.25) is 0 Å². The third kappa shape index (κ3) is 1.71. The molecule has 1 atom stereocenters.